The van der Waals surface area contributed by atoms with Gasteiger partial charge in [-0.3, -0.25) is 9.59 Å². The Labute approximate surface area is 151 Å². The van der Waals surface area contributed by atoms with E-state index < -0.39 is 0 Å². The molecule has 2 aromatic rings. The first kappa shape index (κ1) is 16.8. The zero-order valence-corrected chi connectivity index (χ0v) is 15.6. The summed E-state index contributed by atoms with van der Waals surface area (Å²) in [6, 6.07) is 0. The van der Waals surface area contributed by atoms with E-state index in [1.165, 1.54) is 23.3 Å². The zero-order valence-electron chi connectivity index (χ0n) is 14.8. The molecule has 6 heteroatoms. The number of amides is 1. The van der Waals surface area contributed by atoms with Gasteiger partial charge >= 0.3 is 0 Å². The number of carbonyl (C=O) groups is 1. The number of aryl methyl sites for hydroxylation is 3. The van der Waals surface area contributed by atoms with Crippen LogP contribution in [0.15, 0.2) is 4.79 Å². The highest BCUT2D eigenvalue weighted by Crippen LogP contribution is 2.33. The third-order valence-electron chi connectivity index (χ3n) is 5.46. The fourth-order valence-corrected chi connectivity index (χ4v) is 5.41. The van der Waals surface area contributed by atoms with Crippen LogP contribution in [0.4, 0.5) is 0 Å². The van der Waals surface area contributed by atoms with Gasteiger partial charge in [-0.25, -0.2) is 4.98 Å². The van der Waals surface area contributed by atoms with Gasteiger partial charge in [0.2, 0.25) is 5.91 Å². The molecule has 0 bridgehead atoms. The zero-order chi connectivity index (χ0) is 17.4. The van der Waals surface area contributed by atoms with Crippen molar-refractivity contribution in [1.82, 2.24) is 14.9 Å². The molecule has 0 radical (unpaired) electrons. The molecule has 1 fully saturated rings. The SMILES string of the molecule is CC1CCCN(C(=O)CCc2nc3sc4c(c3c(=O)[nH]2)CCCC4)C1. The van der Waals surface area contributed by atoms with E-state index in [1.807, 2.05) is 4.90 Å². The van der Waals surface area contributed by atoms with Gasteiger partial charge in [0.05, 0.1) is 5.39 Å². The van der Waals surface area contributed by atoms with Gasteiger partial charge in [-0.2, -0.15) is 0 Å². The molecule has 5 nitrogen and oxygen atoms in total. The topological polar surface area (TPSA) is 66.1 Å². The largest absolute Gasteiger partial charge is 0.342 e. The number of aromatic amines is 1. The van der Waals surface area contributed by atoms with Crippen molar-refractivity contribution in [2.24, 2.45) is 5.92 Å². The summed E-state index contributed by atoms with van der Waals surface area (Å²) in [5, 5.41) is 0.791. The van der Waals surface area contributed by atoms with Crippen LogP contribution in [0.5, 0.6) is 0 Å². The summed E-state index contributed by atoms with van der Waals surface area (Å²) >= 11 is 1.66. The molecule has 134 valence electrons. The molecule has 1 aliphatic carbocycles. The maximum atomic E-state index is 12.5. The van der Waals surface area contributed by atoms with Crippen molar-refractivity contribution in [1.29, 1.82) is 0 Å². The van der Waals surface area contributed by atoms with E-state index in [-0.39, 0.29) is 11.5 Å². The van der Waals surface area contributed by atoms with Crippen LogP contribution in [-0.4, -0.2) is 33.9 Å². The molecule has 2 aromatic heterocycles. The average Bonchev–Trinajstić information content (AvgIpc) is 2.98. The minimum absolute atomic E-state index is 0.0292. The maximum absolute atomic E-state index is 12.5. The van der Waals surface area contributed by atoms with Gasteiger partial charge in [-0.05, 0) is 50.0 Å². The molecule has 0 saturated carbocycles. The van der Waals surface area contributed by atoms with Crippen molar-refractivity contribution in [3.8, 4) is 0 Å². The van der Waals surface area contributed by atoms with Gasteiger partial charge in [0, 0.05) is 30.8 Å². The fourth-order valence-electron chi connectivity index (χ4n) is 4.13. The normalized spacial score (nSPS) is 20.7. The summed E-state index contributed by atoms with van der Waals surface area (Å²) < 4.78 is 0. The number of hydrogen-bond acceptors (Lipinski definition) is 4. The first-order valence-corrected chi connectivity index (χ1v) is 10.2. The van der Waals surface area contributed by atoms with Crippen molar-refractivity contribution in [3.05, 3.63) is 26.6 Å². The predicted octanol–water partition coefficient (Wildman–Crippen LogP) is 3.05. The number of H-pyrrole nitrogens is 1. The highest BCUT2D eigenvalue weighted by molar-refractivity contribution is 7.18. The van der Waals surface area contributed by atoms with Crippen molar-refractivity contribution >= 4 is 27.5 Å². The number of nitrogens with one attached hydrogen (secondary N) is 1. The smallest absolute Gasteiger partial charge is 0.259 e. The molecule has 1 saturated heterocycles. The quantitative estimate of drug-likeness (QED) is 0.916. The molecule has 25 heavy (non-hydrogen) atoms. The third kappa shape index (κ3) is 3.36. The maximum Gasteiger partial charge on any atom is 0.259 e. The Balaban J connectivity index is 1.50. The molecule has 1 aliphatic heterocycles. The third-order valence-corrected chi connectivity index (χ3v) is 6.65. The summed E-state index contributed by atoms with van der Waals surface area (Å²) in [6.07, 6.45) is 7.65. The molecule has 0 spiro atoms. The second kappa shape index (κ2) is 6.90. The molecule has 0 aromatic carbocycles. The number of thiophene rings is 1. The van der Waals surface area contributed by atoms with Crippen LogP contribution in [0.25, 0.3) is 10.2 Å². The summed E-state index contributed by atoms with van der Waals surface area (Å²) in [5.74, 6) is 1.42. The van der Waals surface area contributed by atoms with Crippen LogP contribution >= 0.6 is 11.3 Å². The number of piperidine rings is 1. The summed E-state index contributed by atoms with van der Waals surface area (Å²) in [5.41, 5.74) is 1.18. The molecule has 1 unspecified atom stereocenters. The van der Waals surface area contributed by atoms with Crippen LogP contribution in [-0.2, 0) is 24.1 Å². The summed E-state index contributed by atoms with van der Waals surface area (Å²) in [6.45, 7) is 3.92. The van der Waals surface area contributed by atoms with E-state index in [0.717, 1.165) is 49.0 Å². The summed E-state index contributed by atoms with van der Waals surface area (Å²) in [4.78, 5) is 36.7. The highest BCUT2D eigenvalue weighted by atomic mass is 32.1. The molecular formula is C19H25N3O2S. The lowest BCUT2D eigenvalue weighted by atomic mass is 9.97. The first-order chi connectivity index (χ1) is 12.1. The minimum atomic E-state index is -0.0292. The first-order valence-electron chi connectivity index (χ1n) is 9.43. The number of hydrogen-bond donors (Lipinski definition) is 1. The van der Waals surface area contributed by atoms with Gasteiger partial charge in [0.25, 0.3) is 5.56 Å². The van der Waals surface area contributed by atoms with E-state index in [1.54, 1.807) is 11.3 Å². The second-order valence-electron chi connectivity index (χ2n) is 7.49. The predicted molar refractivity (Wildman–Crippen MR) is 100 cm³/mol. The molecule has 1 amide bonds. The number of carbonyl (C=O) groups excluding carboxylic acids is 1. The number of rotatable bonds is 3. The lowest BCUT2D eigenvalue weighted by Crippen LogP contribution is -2.39. The summed E-state index contributed by atoms with van der Waals surface area (Å²) in [7, 11) is 0. The standard InChI is InChI=1S/C19H25N3O2S/c1-12-5-4-10-22(11-12)16(23)9-8-15-20-18(24)17-13-6-2-3-7-14(13)25-19(17)21-15/h12H,2-11H2,1H3,(H,20,21,24). The van der Waals surface area contributed by atoms with Gasteiger partial charge in [0.15, 0.2) is 0 Å². The van der Waals surface area contributed by atoms with Crippen LogP contribution in [0, 0.1) is 5.92 Å². The Hall–Kier alpha value is -1.69. The van der Waals surface area contributed by atoms with E-state index in [4.69, 9.17) is 0 Å². The van der Waals surface area contributed by atoms with Crippen LogP contribution in [0.2, 0.25) is 0 Å². The number of likely N-dealkylation sites (tertiary alicyclic amines) is 1. The Kier molecular flexibility index (Phi) is 4.63. The van der Waals surface area contributed by atoms with Gasteiger partial charge in [-0.1, -0.05) is 6.92 Å². The minimum Gasteiger partial charge on any atom is -0.342 e. The van der Waals surface area contributed by atoms with Gasteiger partial charge in [-0.15, -0.1) is 11.3 Å². The fraction of sp³-hybridized carbons (Fsp3) is 0.632. The Morgan fingerprint density at radius 1 is 1.32 bits per heavy atom. The highest BCUT2D eigenvalue weighted by Gasteiger charge is 2.22. The van der Waals surface area contributed by atoms with Crippen LogP contribution in [0.1, 0.15) is 55.3 Å². The average molecular weight is 359 g/mol. The monoisotopic (exact) mass is 359 g/mol. The molecule has 2 aliphatic rings. The molecule has 1 atom stereocenters. The Morgan fingerprint density at radius 2 is 2.16 bits per heavy atom. The molecule has 1 N–H and O–H groups in total. The van der Waals surface area contributed by atoms with Gasteiger partial charge in [0.1, 0.15) is 10.7 Å². The van der Waals surface area contributed by atoms with E-state index in [0.29, 0.717) is 24.6 Å². The lowest BCUT2D eigenvalue weighted by Gasteiger charge is -2.31. The lowest BCUT2D eigenvalue weighted by molar-refractivity contribution is -0.132. The van der Waals surface area contributed by atoms with Crippen molar-refractivity contribution in [2.45, 2.75) is 58.3 Å². The number of fused-ring (bicyclic) bond motifs is 3. The second-order valence-corrected chi connectivity index (χ2v) is 8.57. The molecule has 3 heterocycles. The van der Waals surface area contributed by atoms with Crippen LogP contribution in [0.3, 0.4) is 0 Å². The van der Waals surface area contributed by atoms with Crippen molar-refractivity contribution in [3.63, 3.8) is 0 Å². The van der Waals surface area contributed by atoms with Crippen molar-refractivity contribution < 1.29 is 4.79 Å². The van der Waals surface area contributed by atoms with E-state index in [9.17, 15) is 9.59 Å². The Morgan fingerprint density at radius 3 is 3.00 bits per heavy atom. The van der Waals surface area contributed by atoms with E-state index >= 15 is 0 Å². The van der Waals surface area contributed by atoms with Crippen LogP contribution < -0.4 is 5.56 Å². The van der Waals surface area contributed by atoms with E-state index in [2.05, 4.69) is 16.9 Å². The van der Waals surface area contributed by atoms with Crippen molar-refractivity contribution in [2.75, 3.05) is 13.1 Å². The number of nitrogens with zero attached hydrogens (tertiary/aromatic N) is 2. The molecular weight excluding hydrogens is 334 g/mol. The Bertz CT molecular complexity index is 854. The number of aromatic nitrogens is 2. The molecule has 4 rings (SSSR count). The van der Waals surface area contributed by atoms with Gasteiger partial charge < -0.3 is 9.88 Å².